The number of aryl methyl sites for hydroxylation is 1. The Morgan fingerprint density at radius 1 is 1.07 bits per heavy atom. The van der Waals surface area contributed by atoms with Gasteiger partial charge in [0.15, 0.2) is 0 Å². The first-order chi connectivity index (χ1) is 13.7. The molecule has 0 aliphatic carbocycles. The third-order valence-corrected chi connectivity index (χ3v) is 5.17. The van der Waals surface area contributed by atoms with Crippen LogP contribution in [0.2, 0.25) is 5.02 Å². The van der Waals surface area contributed by atoms with Gasteiger partial charge in [0.05, 0.1) is 18.7 Å². The normalized spacial score (nSPS) is 14.6. The number of methoxy groups -OCH3 is 1. The largest absolute Gasteiger partial charge is 0.385 e. The standard InChI is InChI=1S/C22H24ClN3O2/c1-27-11-3-6-21-24-20-8-7-17(16-4-2-5-18(23)14-16)15-19(20)22(25-21)26-9-12-28-13-10-26/h2,4-5,7-8,14-15H,3,6,9-13H2,1H3. The van der Waals surface area contributed by atoms with E-state index in [1.807, 2.05) is 18.2 Å². The van der Waals surface area contributed by atoms with Crippen molar-refractivity contribution in [1.29, 1.82) is 0 Å². The van der Waals surface area contributed by atoms with E-state index in [0.717, 1.165) is 77.8 Å². The molecule has 0 unspecified atom stereocenters. The molecule has 1 aliphatic rings. The van der Waals surface area contributed by atoms with E-state index in [0.29, 0.717) is 6.61 Å². The molecule has 5 nitrogen and oxygen atoms in total. The number of morpholine rings is 1. The zero-order valence-corrected chi connectivity index (χ0v) is 16.8. The summed E-state index contributed by atoms with van der Waals surface area (Å²) < 4.78 is 10.7. The van der Waals surface area contributed by atoms with Gasteiger partial charge in [-0.15, -0.1) is 0 Å². The Balaban J connectivity index is 1.78. The predicted molar refractivity (Wildman–Crippen MR) is 113 cm³/mol. The maximum atomic E-state index is 6.19. The highest BCUT2D eigenvalue weighted by Crippen LogP contribution is 2.31. The number of nitrogens with zero attached hydrogens (tertiary/aromatic N) is 3. The van der Waals surface area contributed by atoms with Crippen LogP contribution in [0.3, 0.4) is 0 Å². The summed E-state index contributed by atoms with van der Waals surface area (Å²) >= 11 is 6.19. The molecule has 2 heterocycles. The number of hydrogen-bond donors (Lipinski definition) is 0. The molecule has 0 radical (unpaired) electrons. The van der Waals surface area contributed by atoms with Crippen LogP contribution in [-0.2, 0) is 15.9 Å². The van der Waals surface area contributed by atoms with Gasteiger partial charge in [-0.25, -0.2) is 9.97 Å². The van der Waals surface area contributed by atoms with Crippen molar-refractivity contribution in [2.45, 2.75) is 12.8 Å². The molecular weight excluding hydrogens is 374 g/mol. The molecule has 1 aromatic heterocycles. The van der Waals surface area contributed by atoms with Gasteiger partial charge in [0.25, 0.3) is 0 Å². The topological polar surface area (TPSA) is 47.5 Å². The Kier molecular flexibility index (Phi) is 6.05. The van der Waals surface area contributed by atoms with Crippen molar-refractivity contribution in [2.75, 3.05) is 44.9 Å². The smallest absolute Gasteiger partial charge is 0.140 e. The first-order valence-electron chi connectivity index (χ1n) is 9.63. The second-order valence-electron chi connectivity index (χ2n) is 6.90. The lowest BCUT2D eigenvalue weighted by atomic mass is 10.0. The van der Waals surface area contributed by atoms with Crippen molar-refractivity contribution < 1.29 is 9.47 Å². The molecule has 146 valence electrons. The average molecular weight is 398 g/mol. The maximum absolute atomic E-state index is 6.19. The molecule has 2 aromatic carbocycles. The summed E-state index contributed by atoms with van der Waals surface area (Å²) in [7, 11) is 1.72. The summed E-state index contributed by atoms with van der Waals surface area (Å²) in [5.41, 5.74) is 3.17. The maximum Gasteiger partial charge on any atom is 0.140 e. The predicted octanol–water partition coefficient (Wildman–Crippen LogP) is 4.37. The minimum atomic E-state index is 0.710. The molecule has 4 rings (SSSR count). The zero-order valence-electron chi connectivity index (χ0n) is 16.0. The summed E-state index contributed by atoms with van der Waals surface area (Å²) in [6.07, 6.45) is 1.71. The third kappa shape index (κ3) is 4.27. The molecule has 0 saturated carbocycles. The first kappa shape index (κ1) is 19.1. The Labute approximate surface area is 170 Å². The minimum Gasteiger partial charge on any atom is -0.385 e. The van der Waals surface area contributed by atoms with Gasteiger partial charge in [0.2, 0.25) is 0 Å². The monoisotopic (exact) mass is 397 g/mol. The zero-order chi connectivity index (χ0) is 19.3. The van der Waals surface area contributed by atoms with E-state index in [9.17, 15) is 0 Å². The van der Waals surface area contributed by atoms with Crippen LogP contribution in [0.25, 0.3) is 22.0 Å². The van der Waals surface area contributed by atoms with E-state index in [-0.39, 0.29) is 0 Å². The van der Waals surface area contributed by atoms with Crippen molar-refractivity contribution >= 4 is 28.3 Å². The number of aromatic nitrogens is 2. The fraction of sp³-hybridized carbons (Fsp3) is 0.364. The summed E-state index contributed by atoms with van der Waals surface area (Å²) in [6.45, 7) is 3.83. The quantitative estimate of drug-likeness (QED) is 0.578. The number of rotatable bonds is 6. The van der Waals surface area contributed by atoms with E-state index in [4.69, 9.17) is 31.0 Å². The molecule has 3 aromatic rings. The summed E-state index contributed by atoms with van der Waals surface area (Å²) in [5, 5.41) is 1.80. The molecule has 0 bridgehead atoms. The second-order valence-corrected chi connectivity index (χ2v) is 7.34. The van der Waals surface area contributed by atoms with E-state index >= 15 is 0 Å². The second kappa shape index (κ2) is 8.86. The number of hydrogen-bond acceptors (Lipinski definition) is 5. The van der Waals surface area contributed by atoms with Crippen LogP contribution in [0.1, 0.15) is 12.2 Å². The lowest BCUT2D eigenvalue weighted by Gasteiger charge is -2.29. The van der Waals surface area contributed by atoms with Crippen molar-refractivity contribution in [3.05, 3.63) is 53.3 Å². The van der Waals surface area contributed by atoms with Gasteiger partial charge in [-0.2, -0.15) is 0 Å². The van der Waals surface area contributed by atoms with Crippen molar-refractivity contribution in [3.8, 4) is 11.1 Å². The number of benzene rings is 2. The molecular formula is C22H24ClN3O2. The van der Waals surface area contributed by atoms with Crippen LogP contribution in [0, 0.1) is 0 Å². The summed E-state index contributed by atoms with van der Waals surface area (Å²) in [4.78, 5) is 12.0. The van der Waals surface area contributed by atoms with Gasteiger partial charge in [-0.05, 0) is 41.8 Å². The van der Waals surface area contributed by atoms with Crippen LogP contribution in [0.15, 0.2) is 42.5 Å². The third-order valence-electron chi connectivity index (χ3n) is 4.94. The fourth-order valence-electron chi connectivity index (χ4n) is 3.51. The number of halogens is 1. The molecule has 1 fully saturated rings. The number of fused-ring (bicyclic) bond motifs is 1. The first-order valence-corrected chi connectivity index (χ1v) is 10.0. The van der Waals surface area contributed by atoms with Crippen LogP contribution >= 0.6 is 11.6 Å². The van der Waals surface area contributed by atoms with E-state index in [1.165, 1.54) is 0 Å². The van der Waals surface area contributed by atoms with Crippen molar-refractivity contribution in [1.82, 2.24) is 9.97 Å². The highest BCUT2D eigenvalue weighted by molar-refractivity contribution is 6.30. The molecule has 1 saturated heterocycles. The average Bonchev–Trinajstić information content (AvgIpc) is 2.74. The van der Waals surface area contributed by atoms with Crippen molar-refractivity contribution in [2.24, 2.45) is 0 Å². The van der Waals surface area contributed by atoms with Gasteiger partial charge in [-0.1, -0.05) is 29.8 Å². The highest BCUT2D eigenvalue weighted by atomic mass is 35.5. The lowest BCUT2D eigenvalue weighted by molar-refractivity contribution is 0.122. The minimum absolute atomic E-state index is 0.710. The Hall–Kier alpha value is -2.21. The van der Waals surface area contributed by atoms with E-state index < -0.39 is 0 Å². The fourth-order valence-corrected chi connectivity index (χ4v) is 3.70. The van der Waals surface area contributed by atoms with Gasteiger partial charge in [0, 0.05) is 43.6 Å². The molecule has 0 spiro atoms. The van der Waals surface area contributed by atoms with E-state index in [2.05, 4.69) is 29.2 Å². The Bertz CT molecular complexity index is 958. The molecule has 0 atom stereocenters. The van der Waals surface area contributed by atoms with Gasteiger partial charge < -0.3 is 14.4 Å². The Morgan fingerprint density at radius 3 is 2.68 bits per heavy atom. The van der Waals surface area contributed by atoms with Crippen LogP contribution in [0.4, 0.5) is 5.82 Å². The van der Waals surface area contributed by atoms with Gasteiger partial charge in [0.1, 0.15) is 11.6 Å². The molecule has 28 heavy (non-hydrogen) atoms. The lowest BCUT2D eigenvalue weighted by Crippen LogP contribution is -2.37. The molecule has 0 N–H and O–H groups in total. The van der Waals surface area contributed by atoms with Gasteiger partial charge >= 0.3 is 0 Å². The van der Waals surface area contributed by atoms with Crippen LogP contribution < -0.4 is 4.90 Å². The van der Waals surface area contributed by atoms with E-state index in [1.54, 1.807) is 7.11 Å². The SMILES string of the molecule is COCCCc1nc(N2CCOCC2)c2cc(-c3cccc(Cl)c3)ccc2n1. The molecule has 0 amide bonds. The summed E-state index contributed by atoms with van der Waals surface area (Å²) in [6, 6.07) is 14.3. The molecule has 6 heteroatoms. The number of ether oxygens (including phenoxy) is 2. The van der Waals surface area contributed by atoms with Gasteiger partial charge in [-0.3, -0.25) is 0 Å². The highest BCUT2D eigenvalue weighted by Gasteiger charge is 2.18. The number of anilines is 1. The van der Waals surface area contributed by atoms with Crippen LogP contribution in [0.5, 0.6) is 0 Å². The van der Waals surface area contributed by atoms with Crippen LogP contribution in [-0.4, -0.2) is 50.0 Å². The Morgan fingerprint density at radius 2 is 1.89 bits per heavy atom. The molecule has 1 aliphatic heterocycles. The van der Waals surface area contributed by atoms with Crippen molar-refractivity contribution in [3.63, 3.8) is 0 Å². The summed E-state index contributed by atoms with van der Waals surface area (Å²) in [5.74, 6) is 1.85.